The molecule has 1 aromatic carbocycles. The normalized spacial score (nSPS) is 11.1. The van der Waals surface area contributed by atoms with Gasteiger partial charge in [-0.2, -0.15) is 0 Å². The Morgan fingerprint density at radius 3 is 2.53 bits per heavy atom. The van der Waals surface area contributed by atoms with Crippen LogP contribution in [0, 0.1) is 6.92 Å². The van der Waals surface area contributed by atoms with Crippen LogP contribution in [0.25, 0.3) is 10.9 Å². The number of para-hydroxylation sites is 1. The van der Waals surface area contributed by atoms with Crippen LogP contribution in [-0.4, -0.2) is 16.5 Å². The molecule has 0 atom stereocenters. The van der Waals surface area contributed by atoms with Crippen molar-refractivity contribution in [1.29, 1.82) is 0 Å². The summed E-state index contributed by atoms with van der Waals surface area (Å²) in [7, 11) is 0. The maximum absolute atomic E-state index is 4.91. The van der Waals surface area contributed by atoms with E-state index in [0.29, 0.717) is 0 Å². The van der Waals surface area contributed by atoms with E-state index in [1.54, 1.807) is 0 Å². The Bertz CT molecular complexity index is 552. The summed E-state index contributed by atoms with van der Waals surface area (Å²) in [6.07, 6.45) is 2.39. The highest BCUT2D eigenvalue weighted by Gasteiger charge is 2.09. The molecular weight excluding hydrogens is 270 g/mol. The molecule has 0 amide bonds. The predicted molar refractivity (Wildman–Crippen MR) is 88.5 cm³/mol. The number of nitrogens with zero attached hydrogens (tertiary/aromatic N) is 1. The molecule has 0 bridgehead atoms. The van der Waals surface area contributed by atoms with Gasteiger partial charge in [-0.3, -0.25) is 0 Å². The lowest BCUT2D eigenvalue weighted by Gasteiger charge is -2.10. The fourth-order valence-corrected chi connectivity index (χ4v) is 3.84. The Hall–Kier alpha value is -0.670. The van der Waals surface area contributed by atoms with Gasteiger partial charge in [0, 0.05) is 10.3 Å². The van der Waals surface area contributed by atoms with Gasteiger partial charge < -0.3 is 0 Å². The number of pyridine rings is 1. The Morgan fingerprint density at radius 2 is 1.79 bits per heavy atom. The minimum absolute atomic E-state index is 1.14. The first-order chi connectivity index (χ1) is 9.26. The van der Waals surface area contributed by atoms with Gasteiger partial charge in [0.25, 0.3) is 0 Å². The molecule has 0 fully saturated rings. The number of aryl methyl sites for hydroxylation is 1. The Morgan fingerprint density at radius 1 is 1.05 bits per heavy atom. The van der Waals surface area contributed by atoms with Crippen LogP contribution in [0.4, 0.5) is 0 Å². The number of rotatable bonds is 6. The molecule has 2 rings (SSSR count). The van der Waals surface area contributed by atoms with Crippen LogP contribution in [0.3, 0.4) is 0 Å². The molecule has 19 heavy (non-hydrogen) atoms. The van der Waals surface area contributed by atoms with Crippen molar-refractivity contribution in [2.24, 2.45) is 0 Å². The maximum Gasteiger partial charge on any atom is 0.110 e. The molecule has 1 aromatic heterocycles. The molecule has 2 aromatic rings. The summed E-state index contributed by atoms with van der Waals surface area (Å²) in [5, 5.41) is 2.47. The van der Waals surface area contributed by atoms with Crippen molar-refractivity contribution >= 4 is 34.4 Å². The standard InChI is InChI=1S/C16H21NS2/c1-4-9-18-14-11-13-8-6-7-12(3)15(13)17-16(14)19-10-5-2/h6-8,11H,4-5,9-10H2,1-3H3. The summed E-state index contributed by atoms with van der Waals surface area (Å²) in [6.45, 7) is 6.59. The van der Waals surface area contributed by atoms with Crippen molar-refractivity contribution in [3.05, 3.63) is 29.8 Å². The molecule has 3 heteroatoms. The molecule has 0 aliphatic heterocycles. The number of aromatic nitrogens is 1. The first-order valence-electron chi connectivity index (χ1n) is 6.92. The van der Waals surface area contributed by atoms with Gasteiger partial charge in [-0.25, -0.2) is 4.98 Å². The maximum atomic E-state index is 4.91. The van der Waals surface area contributed by atoms with E-state index < -0.39 is 0 Å². The fraction of sp³-hybridized carbons (Fsp3) is 0.438. The highest BCUT2D eigenvalue weighted by Crippen LogP contribution is 2.33. The van der Waals surface area contributed by atoms with Gasteiger partial charge in [-0.05, 0) is 42.9 Å². The van der Waals surface area contributed by atoms with Crippen LogP contribution in [0.15, 0.2) is 34.2 Å². The van der Waals surface area contributed by atoms with E-state index in [1.165, 1.54) is 39.5 Å². The lowest BCUT2D eigenvalue weighted by molar-refractivity contribution is 1.04. The molecule has 0 aliphatic rings. The molecule has 0 saturated heterocycles. The quantitative estimate of drug-likeness (QED) is 0.648. The second kappa shape index (κ2) is 7.20. The van der Waals surface area contributed by atoms with E-state index in [0.717, 1.165) is 11.3 Å². The third kappa shape index (κ3) is 3.67. The van der Waals surface area contributed by atoms with Gasteiger partial charge in [0.1, 0.15) is 5.03 Å². The molecule has 0 saturated carbocycles. The Labute approximate surface area is 124 Å². The summed E-state index contributed by atoms with van der Waals surface area (Å²) >= 11 is 3.82. The summed E-state index contributed by atoms with van der Waals surface area (Å²) < 4.78 is 0. The van der Waals surface area contributed by atoms with Crippen LogP contribution < -0.4 is 0 Å². The zero-order valence-electron chi connectivity index (χ0n) is 11.9. The number of hydrogen-bond donors (Lipinski definition) is 0. The summed E-state index contributed by atoms with van der Waals surface area (Å²) in [4.78, 5) is 6.25. The van der Waals surface area contributed by atoms with E-state index >= 15 is 0 Å². The predicted octanol–water partition coefficient (Wildman–Crippen LogP) is 5.55. The number of fused-ring (bicyclic) bond motifs is 1. The second-order valence-electron chi connectivity index (χ2n) is 4.64. The monoisotopic (exact) mass is 291 g/mol. The minimum Gasteiger partial charge on any atom is -0.240 e. The van der Waals surface area contributed by atoms with Crippen molar-refractivity contribution in [1.82, 2.24) is 4.98 Å². The lowest BCUT2D eigenvalue weighted by atomic mass is 10.1. The lowest BCUT2D eigenvalue weighted by Crippen LogP contribution is -1.91. The van der Waals surface area contributed by atoms with Gasteiger partial charge in [-0.15, -0.1) is 23.5 Å². The van der Waals surface area contributed by atoms with E-state index in [2.05, 4.69) is 45.0 Å². The first kappa shape index (κ1) is 14.7. The molecule has 102 valence electrons. The Kier molecular flexibility index (Phi) is 5.59. The zero-order chi connectivity index (χ0) is 13.7. The van der Waals surface area contributed by atoms with Gasteiger partial charge in [-0.1, -0.05) is 32.0 Å². The van der Waals surface area contributed by atoms with Gasteiger partial charge >= 0.3 is 0 Å². The van der Waals surface area contributed by atoms with Gasteiger partial charge in [0.05, 0.1) is 5.52 Å². The molecular formula is C16H21NS2. The van der Waals surface area contributed by atoms with E-state index in [1.807, 2.05) is 23.5 Å². The Balaban J connectivity index is 2.43. The van der Waals surface area contributed by atoms with Crippen molar-refractivity contribution in [2.45, 2.75) is 43.5 Å². The largest absolute Gasteiger partial charge is 0.240 e. The third-order valence-electron chi connectivity index (χ3n) is 2.88. The molecule has 1 heterocycles. The molecule has 1 nitrogen and oxygen atoms in total. The minimum atomic E-state index is 1.14. The zero-order valence-corrected chi connectivity index (χ0v) is 13.5. The average Bonchev–Trinajstić information content (AvgIpc) is 2.43. The molecule has 0 aliphatic carbocycles. The van der Waals surface area contributed by atoms with E-state index in [4.69, 9.17) is 4.98 Å². The number of hydrogen-bond acceptors (Lipinski definition) is 3. The van der Waals surface area contributed by atoms with Crippen molar-refractivity contribution in [3.8, 4) is 0 Å². The molecule has 0 radical (unpaired) electrons. The SMILES string of the molecule is CCCSc1cc2cccc(C)c2nc1SCCC. The second-order valence-corrected chi connectivity index (χ2v) is 6.86. The van der Waals surface area contributed by atoms with Crippen LogP contribution in [-0.2, 0) is 0 Å². The topological polar surface area (TPSA) is 12.9 Å². The van der Waals surface area contributed by atoms with E-state index in [-0.39, 0.29) is 0 Å². The van der Waals surface area contributed by atoms with Gasteiger partial charge in [0.15, 0.2) is 0 Å². The highest BCUT2D eigenvalue weighted by atomic mass is 32.2. The van der Waals surface area contributed by atoms with Crippen LogP contribution in [0.1, 0.15) is 32.3 Å². The third-order valence-corrected chi connectivity index (χ3v) is 5.45. The smallest absolute Gasteiger partial charge is 0.110 e. The van der Waals surface area contributed by atoms with Crippen LogP contribution in [0.5, 0.6) is 0 Å². The fourth-order valence-electron chi connectivity index (χ4n) is 1.93. The van der Waals surface area contributed by atoms with Crippen molar-refractivity contribution in [2.75, 3.05) is 11.5 Å². The molecule has 0 N–H and O–H groups in total. The number of thioether (sulfide) groups is 2. The summed E-state index contributed by atoms with van der Waals surface area (Å²) in [6, 6.07) is 8.74. The van der Waals surface area contributed by atoms with Gasteiger partial charge in [0.2, 0.25) is 0 Å². The molecule has 0 unspecified atom stereocenters. The molecule has 0 spiro atoms. The summed E-state index contributed by atoms with van der Waals surface area (Å²) in [5.74, 6) is 2.31. The summed E-state index contributed by atoms with van der Waals surface area (Å²) in [5.41, 5.74) is 2.42. The average molecular weight is 291 g/mol. The number of benzene rings is 1. The first-order valence-corrected chi connectivity index (χ1v) is 8.89. The van der Waals surface area contributed by atoms with Crippen LogP contribution in [0.2, 0.25) is 0 Å². The van der Waals surface area contributed by atoms with Crippen molar-refractivity contribution in [3.63, 3.8) is 0 Å². The van der Waals surface area contributed by atoms with Crippen LogP contribution >= 0.6 is 23.5 Å². The highest BCUT2D eigenvalue weighted by molar-refractivity contribution is 8.02. The van der Waals surface area contributed by atoms with Crippen molar-refractivity contribution < 1.29 is 0 Å². The van der Waals surface area contributed by atoms with E-state index in [9.17, 15) is 0 Å².